The van der Waals surface area contributed by atoms with Gasteiger partial charge in [0.2, 0.25) is 5.91 Å². The maximum Gasteiger partial charge on any atom is 0.230 e. The van der Waals surface area contributed by atoms with Crippen molar-refractivity contribution in [2.75, 3.05) is 0 Å². The molecule has 0 fully saturated rings. The molecule has 0 aliphatic carbocycles. The minimum absolute atomic E-state index is 0.113. The molecule has 1 atom stereocenters. The number of furan rings is 1. The number of carbonyl (C=O) groups excluding carboxylic acids is 1. The van der Waals surface area contributed by atoms with Crippen molar-refractivity contribution in [1.29, 1.82) is 0 Å². The first kappa shape index (κ1) is 16.5. The lowest BCUT2D eigenvalue weighted by Crippen LogP contribution is -2.34. The standard InChI is InChI=1S/C20H21NO2S/c1-2-19(17-7-4-3-5-8-17)20(22)21(13-16-10-11-23-15-16)14-18-9-6-12-24-18/h3-12,15,19H,2,13-14H2,1H3. The van der Waals surface area contributed by atoms with Gasteiger partial charge in [0.15, 0.2) is 0 Å². The van der Waals surface area contributed by atoms with Crippen molar-refractivity contribution in [3.05, 3.63) is 82.4 Å². The van der Waals surface area contributed by atoms with E-state index in [0.29, 0.717) is 13.1 Å². The molecule has 24 heavy (non-hydrogen) atoms. The Morgan fingerprint density at radius 2 is 1.96 bits per heavy atom. The number of hydrogen-bond acceptors (Lipinski definition) is 3. The third-order valence-electron chi connectivity index (χ3n) is 4.10. The van der Waals surface area contributed by atoms with Gasteiger partial charge >= 0.3 is 0 Å². The molecular weight excluding hydrogens is 318 g/mol. The molecule has 1 unspecified atom stereocenters. The number of hydrogen-bond donors (Lipinski definition) is 0. The average molecular weight is 339 g/mol. The largest absolute Gasteiger partial charge is 0.472 e. The highest BCUT2D eigenvalue weighted by atomic mass is 32.1. The minimum Gasteiger partial charge on any atom is -0.472 e. The van der Waals surface area contributed by atoms with Crippen LogP contribution in [0.25, 0.3) is 0 Å². The predicted octanol–water partition coefficient (Wildman–Crippen LogP) is 5.06. The lowest BCUT2D eigenvalue weighted by molar-refractivity contribution is -0.134. The second-order valence-electron chi connectivity index (χ2n) is 5.78. The fraction of sp³-hybridized carbons (Fsp3) is 0.250. The molecule has 2 aromatic heterocycles. The van der Waals surface area contributed by atoms with Crippen LogP contribution in [0, 0.1) is 0 Å². The van der Waals surface area contributed by atoms with Crippen LogP contribution in [0.1, 0.15) is 35.3 Å². The second kappa shape index (κ2) is 7.97. The molecule has 3 aromatic rings. The van der Waals surface area contributed by atoms with Crippen LogP contribution in [0.5, 0.6) is 0 Å². The zero-order chi connectivity index (χ0) is 16.8. The first-order chi connectivity index (χ1) is 11.8. The van der Waals surface area contributed by atoms with E-state index in [-0.39, 0.29) is 11.8 Å². The summed E-state index contributed by atoms with van der Waals surface area (Å²) in [5.74, 6) is 0.0522. The quantitative estimate of drug-likeness (QED) is 0.602. The van der Waals surface area contributed by atoms with Gasteiger partial charge in [-0.15, -0.1) is 11.3 Å². The van der Waals surface area contributed by atoms with Crippen LogP contribution in [-0.4, -0.2) is 10.8 Å². The van der Waals surface area contributed by atoms with Gasteiger partial charge in [0.25, 0.3) is 0 Å². The molecule has 0 aliphatic heterocycles. The van der Waals surface area contributed by atoms with E-state index in [1.54, 1.807) is 23.9 Å². The van der Waals surface area contributed by atoms with E-state index in [1.807, 2.05) is 52.7 Å². The van der Waals surface area contributed by atoms with E-state index >= 15 is 0 Å². The molecule has 4 heteroatoms. The van der Waals surface area contributed by atoms with Gasteiger partial charge in [0, 0.05) is 17.0 Å². The molecule has 3 rings (SSSR count). The maximum absolute atomic E-state index is 13.2. The summed E-state index contributed by atoms with van der Waals surface area (Å²) < 4.78 is 5.17. The van der Waals surface area contributed by atoms with Gasteiger partial charge in [-0.2, -0.15) is 0 Å². The summed E-state index contributed by atoms with van der Waals surface area (Å²) in [6.45, 7) is 3.26. The minimum atomic E-state index is -0.113. The van der Waals surface area contributed by atoms with Gasteiger partial charge in [-0.05, 0) is 29.5 Å². The summed E-state index contributed by atoms with van der Waals surface area (Å²) in [6.07, 6.45) is 4.14. The lowest BCUT2D eigenvalue weighted by atomic mass is 9.95. The van der Waals surface area contributed by atoms with Crippen LogP contribution in [-0.2, 0) is 17.9 Å². The molecular formula is C20H21NO2S. The summed E-state index contributed by atoms with van der Waals surface area (Å²) in [5.41, 5.74) is 2.09. The van der Waals surface area contributed by atoms with Gasteiger partial charge in [0.05, 0.1) is 25.0 Å². The van der Waals surface area contributed by atoms with Crippen LogP contribution in [0.3, 0.4) is 0 Å². The Hall–Kier alpha value is -2.33. The van der Waals surface area contributed by atoms with Crippen molar-refractivity contribution >= 4 is 17.2 Å². The summed E-state index contributed by atoms with van der Waals surface area (Å²) in [4.78, 5) is 16.3. The van der Waals surface area contributed by atoms with Crippen LogP contribution in [0.15, 0.2) is 70.9 Å². The van der Waals surface area contributed by atoms with Crippen LogP contribution >= 0.6 is 11.3 Å². The van der Waals surface area contributed by atoms with Crippen molar-refractivity contribution in [3.8, 4) is 0 Å². The van der Waals surface area contributed by atoms with Crippen LogP contribution in [0.4, 0.5) is 0 Å². The van der Waals surface area contributed by atoms with Crippen LogP contribution < -0.4 is 0 Å². The molecule has 0 saturated heterocycles. The number of carbonyl (C=O) groups is 1. The zero-order valence-corrected chi connectivity index (χ0v) is 14.5. The Morgan fingerprint density at radius 3 is 2.58 bits per heavy atom. The van der Waals surface area contributed by atoms with Gasteiger partial charge in [-0.3, -0.25) is 4.79 Å². The molecule has 1 amide bonds. The third kappa shape index (κ3) is 3.95. The van der Waals surface area contributed by atoms with E-state index in [2.05, 4.69) is 13.0 Å². The Labute approximate surface area is 146 Å². The first-order valence-electron chi connectivity index (χ1n) is 8.15. The van der Waals surface area contributed by atoms with Gasteiger partial charge < -0.3 is 9.32 Å². The highest BCUT2D eigenvalue weighted by molar-refractivity contribution is 7.09. The van der Waals surface area contributed by atoms with Gasteiger partial charge in [0.1, 0.15) is 0 Å². The molecule has 3 nitrogen and oxygen atoms in total. The smallest absolute Gasteiger partial charge is 0.230 e. The molecule has 0 radical (unpaired) electrons. The van der Waals surface area contributed by atoms with E-state index in [4.69, 9.17) is 4.42 Å². The summed E-state index contributed by atoms with van der Waals surface area (Å²) in [5, 5.41) is 2.05. The summed E-state index contributed by atoms with van der Waals surface area (Å²) in [6, 6.07) is 16.0. The Morgan fingerprint density at radius 1 is 1.12 bits per heavy atom. The van der Waals surface area contributed by atoms with E-state index < -0.39 is 0 Å². The van der Waals surface area contributed by atoms with Crippen LogP contribution in [0.2, 0.25) is 0 Å². The van der Waals surface area contributed by atoms with Crippen molar-refractivity contribution < 1.29 is 9.21 Å². The number of benzene rings is 1. The first-order valence-corrected chi connectivity index (χ1v) is 9.03. The number of nitrogens with zero attached hydrogens (tertiary/aromatic N) is 1. The number of thiophene rings is 1. The Bertz CT molecular complexity index is 699. The SMILES string of the molecule is CCC(C(=O)N(Cc1ccoc1)Cc1cccs1)c1ccccc1. The monoisotopic (exact) mass is 339 g/mol. The Kier molecular flexibility index (Phi) is 5.49. The zero-order valence-electron chi connectivity index (χ0n) is 13.7. The topological polar surface area (TPSA) is 33.5 Å². The molecule has 2 heterocycles. The molecule has 1 aromatic carbocycles. The van der Waals surface area contributed by atoms with Crippen molar-refractivity contribution in [1.82, 2.24) is 4.90 Å². The molecule has 0 bridgehead atoms. The summed E-state index contributed by atoms with van der Waals surface area (Å²) in [7, 11) is 0. The normalized spacial score (nSPS) is 12.0. The fourth-order valence-corrected chi connectivity index (χ4v) is 3.58. The third-order valence-corrected chi connectivity index (χ3v) is 4.96. The van der Waals surface area contributed by atoms with Crippen molar-refractivity contribution in [3.63, 3.8) is 0 Å². The van der Waals surface area contributed by atoms with Gasteiger partial charge in [-0.25, -0.2) is 0 Å². The van der Waals surface area contributed by atoms with E-state index in [1.165, 1.54) is 4.88 Å². The van der Waals surface area contributed by atoms with Crippen molar-refractivity contribution in [2.45, 2.75) is 32.4 Å². The predicted molar refractivity (Wildman–Crippen MR) is 96.8 cm³/mol. The summed E-state index contributed by atoms with van der Waals surface area (Å²) >= 11 is 1.68. The number of rotatable bonds is 7. The fourth-order valence-electron chi connectivity index (χ4n) is 2.86. The van der Waals surface area contributed by atoms with Gasteiger partial charge in [-0.1, -0.05) is 43.3 Å². The molecule has 124 valence electrons. The molecule has 0 N–H and O–H groups in total. The molecule has 0 saturated carbocycles. The van der Waals surface area contributed by atoms with E-state index in [9.17, 15) is 4.79 Å². The maximum atomic E-state index is 13.2. The Balaban J connectivity index is 1.83. The molecule has 0 spiro atoms. The van der Waals surface area contributed by atoms with E-state index in [0.717, 1.165) is 17.5 Å². The lowest BCUT2D eigenvalue weighted by Gasteiger charge is -2.26. The average Bonchev–Trinajstić information content (AvgIpc) is 3.30. The highest BCUT2D eigenvalue weighted by Gasteiger charge is 2.25. The second-order valence-corrected chi connectivity index (χ2v) is 6.81. The van der Waals surface area contributed by atoms with Crippen molar-refractivity contribution in [2.24, 2.45) is 0 Å². The molecule has 0 aliphatic rings. The highest BCUT2D eigenvalue weighted by Crippen LogP contribution is 2.25. The number of amides is 1.